The minimum Gasteiger partial charge on any atom is -0.491 e. The number of ether oxygens (including phenoxy) is 1. The third-order valence-corrected chi connectivity index (χ3v) is 5.35. The monoisotopic (exact) mass is 441 g/mol. The molecule has 1 N–H and O–H groups in total. The molecule has 2 aromatic rings. The molecule has 0 saturated carbocycles. The van der Waals surface area contributed by atoms with Gasteiger partial charge in [0, 0.05) is 38.3 Å². The van der Waals surface area contributed by atoms with E-state index in [0.29, 0.717) is 38.3 Å². The predicted octanol–water partition coefficient (Wildman–Crippen LogP) is 3.12. The fourth-order valence-corrected chi connectivity index (χ4v) is 3.75. The summed E-state index contributed by atoms with van der Waals surface area (Å²) in [5.41, 5.74) is 1.50. The van der Waals surface area contributed by atoms with Crippen molar-refractivity contribution in [3.8, 4) is 5.75 Å². The molecule has 7 heteroatoms. The average Bonchev–Trinajstić information content (AvgIpc) is 2.99. The van der Waals surface area contributed by atoms with Crippen LogP contribution in [0.5, 0.6) is 5.75 Å². The first-order valence-corrected chi connectivity index (χ1v) is 11.2. The largest absolute Gasteiger partial charge is 0.491 e. The van der Waals surface area contributed by atoms with Crippen molar-refractivity contribution in [3.05, 3.63) is 65.5 Å². The number of hydrogen-bond donors (Lipinski definition) is 1. The highest BCUT2D eigenvalue weighted by Crippen LogP contribution is 2.14. The van der Waals surface area contributed by atoms with Gasteiger partial charge in [0.1, 0.15) is 11.6 Å². The summed E-state index contributed by atoms with van der Waals surface area (Å²) >= 11 is 0. The Morgan fingerprint density at radius 1 is 1.06 bits per heavy atom. The van der Waals surface area contributed by atoms with Crippen LogP contribution in [0.15, 0.2) is 48.5 Å². The van der Waals surface area contributed by atoms with Gasteiger partial charge in [-0.15, -0.1) is 0 Å². The number of carbonyl (C=O) groups is 2. The van der Waals surface area contributed by atoms with E-state index in [1.165, 1.54) is 12.1 Å². The average molecular weight is 442 g/mol. The lowest BCUT2D eigenvalue weighted by Gasteiger charge is -2.22. The Hall–Kier alpha value is -2.93. The molecule has 3 rings (SSSR count). The molecule has 6 nitrogen and oxygen atoms in total. The molecule has 2 aromatic carbocycles. The van der Waals surface area contributed by atoms with Crippen molar-refractivity contribution in [2.45, 2.75) is 32.8 Å². The van der Waals surface area contributed by atoms with Crippen LogP contribution < -0.4 is 10.1 Å². The molecule has 0 unspecified atom stereocenters. The zero-order valence-electron chi connectivity index (χ0n) is 18.9. The van der Waals surface area contributed by atoms with Crippen LogP contribution in [0.2, 0.25) is 0 Å². The van der Waals surface area contributed by atoms with Crippen molar-refractivity contribution < 1.29 is 18.7 Å². The smallest absolute Gasteiger partial charge is 0.254 e. The number of amides is 2. The SMILES string of the molecule is CC(C)Oc1ccc(CCNC(=O)CN2CCCN(C(=O)c3cccc(F)c3)CC2)cc1. The number of rotatable bonds is 8. The third kappa shape index (κ3) is 7.34. The van der Waals surface area contributed by atoms with Crippen molar-refractivity contribution >= 4 is 11.8 Å². The highest BCUT2D eigenvalue weighted by molar-refractivity contribution is 5.94. The zero-order valence-corrected chi connectivity index (χ0v) is 18.9. The molecule has 1 heterocycles. The summed E-state index contributed by atoms with van der Waals surface area (Å²) in [5.74, 6) is 0.248. The first kappa shape index (κ1) is 23.7. The Kier molecular flexibility index (Phi) is 8.62. The van der Waals surface area contributed by atoms with Crippen molar-refractivity contribution in [2.24, 2.45) is 0 Å². The van der Waals surface area contributed by atoms with Crippen LogP contribution in [-0.2, 0) is 11.2 Å². The van der Waals surface area contributed by atoms with Crippen molar-refractivity contribution in [3.63, 3.8) is 0 Å². The first-order valence-electron chi connectivity index (χ1n) is 11.2. The van der Waals surface area contributed by atoms with E-state index in [2.05, 4.69) is 10.2 Å². The highest BCUT2D eigenvalue weighted by Gasteiger charge is 2.21. The van der Waals surface area contributed by atoms with E-state index < -0.39 is 5.82 Å². The Morgan fingerprint density at radius 2 is 1.84 bits per heavy atom. The van der Waals surface area contributed by atoms with E-state index in [0.717, 1.165) is 30.7 Å². The number of nitrogens with zero attached hydrogens (tertiary/aromatic N) is 2. The quantitative estimate of drug-likeness (QED) is 0.684. The van der Waals surface area contributed by atoms with Crippen LogP contribution in [-0.4, -0.2) is 67.0 Å². The molecule has 0 spiro atoms. The molecule has 0 bridgehead atoms. The molecular formula is C25H32FN3O3. The summed E-state index contributed by atoms with van der Waals surface area (Å²) in [6.07, 6.45) is 1.67. The predicted molar refractivity (Wildman–Crippen MR) is 122 cm³/mol. The maximum atomic E-state index is 13.4. The van der Waals surface area contributed by atoms with Crippen molar-refractivity contribution in [1.29, 1.82) is 0 Å². The van der Waals surface area contributed by atoms with Gasteiger partial charge < -0.3 is 15.0 Å². The van der Waals surface area contributed by atoms with Crippen LogP contribution in [0.4, 0.5) is 4.39 Å². The zero-order chi connectivity index (χ0) is 22.9. The van der Waals surface area contributed by atoms with Gasteiger partial charge in [0.2, 0.25) is 5.91 Å². The number of hydrogen-bond acceptors (Lipinski definition) is 4. The second-order valence-corrected chi connectivity index (χ2v) is 8.34. The van der Waals surface area contributed by atoms with Gasteiger partial charge in [0.15, 0.2) is 0 Å². The topological polar surface area (TPSA) is 61.9 Å². The van der Waals surface area contributed by atoms with Crippen LogP contribution in [0.25, 0.3) is 0 Å². The summed E-state index contributed by atoms with van der Waals surface area (Å²) in [4.78, 5) is 28.8. The van der Waals surface area contributed by atoms with Crippen LogP contribution >= 0.6 is 0 Å². The number of carbonyl (C=O) groups excluding carboxylic acids is 2. The fourth-order valence-electron chi connectivity index (χ4n) is 3.75. The third-order valence-electron chi connectivity index (χ3n) is 5.35. The fraction of sp³-hybridized carbons (Fsp3) is 0.440. The van der Waals surface area contributed by atoms with Crippen LogP contribution in [0.1, 0.15) is 36.2 Å². The van der Waals surface area contributed by atoms with Gasteiger partial charge in [0.25, 0.3) is 5.91 Å². The van der Waals surface area contributed by atoms with Gasteiger partial charge in [-0.3, -0.25) is 14.5 Å². The molecule has 0 atom stereocenters. The summed E-state index contributed by atoms with van der Waals surface area (Å²) in [7, 11) is 0. The molecule has 2 amide bonds. The summed E-state index contributed by atoms with van der Waals surface area (Å²) in [6.45, 7) is 7.35. The molecule has 172 valence electrons. The Balaban J connectivity index is 1.39. The molecule has 1 fully saturated rings. The van der Waals surface area contributed by atoms with E-state index in [4.69, 9.17) is 4.74 Å². The van der Waals surface area contributed by atoms with Crippen molar-refractivity contribution in [2.75, 3.05) is 39.3 Å². The molecule has 1 saturated heterocycles. The summed E-state index contributed by atoms with van der Waals surface area (Å²) in [6, 6.07) is 13.7. The number of nitrogens with one attached hydrogen (secondary N) is 1. The normalized spacial score (nSPS) is 14.8. The molecular weight excluding hydrogens is 409 g/mol. The maximum Gasteiger partial charge on any atom is 0.254 e. The first-order chi connectivity index (χ1) is 15.4. The standard InChI is InChI=1S/C25H32FN3O3/c1-19(2)32-23-9-7-20(8-10-23)11-12-27-24(30)18-28-13-4-14-29(16-15-28)25(31)21-5-3-6-22(26)17-21/h3,5-10,17,19H,4,11-16,18H2,1-2H3,(H,27,30). The lowest BCUT2D eigenvalue weighted by molar-refractivity contribution is -0.122. The molecule has 1 aliphatic heterocycles. The molecule has 32 heavy (non-hydrogen) atoms. The van der Waals surface area contributed by atoms with E-state index in [-0.39, 0.29) is 17.9 Å². The van der Waals surface area contributed by atoms with Crippen molar-refractivity contribution in [1.82, 2.24) is 15.1 Å². The minimum absolute atomic E-state index is 0.0188. The van der Waals surface area contributed by atoms with Crippen LogP contribution in [0.3, 0.4) is 0 Å². The highest BCUT2D eigenvalue weighted by atomic mass is 19.1. The number of halogens is 1. The van der Waals surface area contributed by atoms with E-state index in [1.54, 1.807) is 17.0 Å². The van der Waals surface area contributed by atoms with E-state index >= 15 is 0 Å². The summed E-state index contributed by atoms with van der Waals surface area (Å²) < 4.78 is 19.1. The number of benzene rings is 2. The van der Waals surface area contributed by atoms with Gasteiger partial charge in [-0.2, -0.15) is 0 Å². The maximum absolute atomic E-state index is 13.4. The molecule has 0 aromatic heterocycles. The Labute approximate surface area is 189 Å². The second-order valence-electron chi connectivity index (χ2n) is 8.34. The molecule has 0 radical (unpaired) electrons. The van der Waals surface area contributed by atoms with Gasteiger partial charge in [-0.25, -0.2) is 4.39 Å². The van der Waals surface area contributed by atoms with E-state index in [9.17, 15) is 14.0 Å². The van der Waals surface area contributed by atoms with Gasteiger partial charge in [0.05, 0.1) is 12.6 Å². The summed E-state index contributed by atoms with van der Waals surface area (Å²) in [5, 5.41) is 2.98. The van der Waals surface area contributed by atoms with Gasteiger partial charge in [-0.05, 0) is 62.6 Å². The van der Waals surface area contributed by atoms with Gasteiger partial charge >= 0.3 is 0 Å². The lowest BCUT2D eigenvalue weighted by Crippen LogP contribution is -2.40. The lowest BCUT2D eigenvalue weighted by atomic mass is 10.1. The Morgan fingerprint density at radius 3 is 2.56 bits per heavy atom. The second kappa shape index (κ2) is 11.6. The minimum atomic E-state index is -0.413. The Bertz CT molecular complexity index is 902. The van der Waals surface area contributed by atoms with E-state index in [1.807, 2.05) is 38.1 Å². The molecule has 0 aliphatic carbocycles. The van der Waals surface area contributed by atoms with Gasteiger partial charge in [-0.1, -0.05) is 18.2 Å². The molecule has 1 aliphatic rings. The van der Waals surface area contributed by atoms with Crippen LogP contribution in [0, 0.1) is 5.82 Å².